The maximum Gasteiger partial charge on any atom is 0.510 e. The quantitative estimate of drug-likeness (QED) is 0.164. The Morgan fingerprint density at radius 2 is 1.68 bits per heavy atom. The Morgan fingerprint density at radius 1 is 1.11 bits per heavy atom. The summed E-state index contributed by atoms with van der Waals surface area (Å²) in [5, 5.41) is 10.7. The topological polar surface area (TPSA) is 221 Å². The van der Waals surface area contributed by atoms with Crippen molar-refractivity contribution in [3.05, 3.63) is 0 Å². The number of carbonyl (C=O) groups is 2. The van der Waals surface area contributed by atoms with Gasteiger partial charge in [-0.3, -0.25) is 9.52 Å². The molecule has 0 aromatic carbocycles. The van der Waals surface area contributed by atoms with Gasteiger partial charge in [0, 0.05) is 0 Å². The Kier molecular flexibility index (Phi) is 11.5. The normalized spacial score (nSPS) is 29.8. The van der Waals surface area contributed by atoms with Gasteiger partial charge in [-0.15, -0.1) is 0 Å². The maximum absolute atomic E-state index is 16.1. The van der Waals surface area contributed by atoms with Crippen LogP contribution >= 0.6 is 7.82 Å². The summed E-state index contributed by atoms with van der Waals surface area (Å²) < 4.78 is 89.3. The lowest BCUT2D eigenvalue weighted by Crippen LogP contribution is -2.55. The number of halogens is 2. The summed E-state index contributed by atoms with van der Waals surface area (Å²) in [6.07, 6.45) is -7.92. The zero-order valence-corrected chi connectivity index (χ0v) is 25.7. The fourth-order valence-corrected chi connectivity index (χ4v) is 4.91. The molecule has 3 unspecified atom stereocenters. The fraction of sp³-hybridized carbons (Fsp3) is 0.783. The van der Waals surface area contributed by atoms with E-state index in [1.165, 1.54) is 27.7 Å². The summed E-state index contributed by atoms with van der Waals surface area (Å²) in [6, 6.07) is -0.864. The smallest absolute Gasteiger partial charge is 0.479 e. The predicted octanol–water partition coefficient (Wildman–Crippen LogP) is 2.10. The Labute approximate surface area is 251 Å². The van der Waals surface area contributed by atoms with Gasteiger partial charge in [-0.1, -0.05) is 0 Å². The van der Waals surface area contributed by atoms with Crippen LogP contribution in [0.15, 0.2) is 15.0 Å². The number of alkyl halides is 2. The third-order valence-electron chi connectivity index (χ3n) is 5.85. The number of aliphatic hydroxyl groups is 1. The number of phosphoric acid groups is 1. The number of aliphatic hydroxyl groups excluding tert-OH is 1. The molecule has 0 aromatic rings. The number of ether oxygens (including phenoxy) is 6. The highest BCUT2D eigenvalue weighted by atomic mass is 31.2. The molecule has 3 N–H and O–H groups in total. The van der Waals surface area contributed by atoms with E-state index < -0.39 is 88.6 Å². The summed E-state index contributed by atoms with van der Waals surface area (Å²) in [4.78, 5) is 36.6. The zero-order chi connectivity index (χ0) is 32.9. The largest absolute Gasteiger partial charge is 0.510 e. The minimum Gasteiger partial charge on any atom is -0.479 e. The summed E-state index contributed by atoms with van der Waals surface area (Å²) in [7, 11) is -4.99. The number of phosphoric ester groups is 1. The average molecular weight is 660 g/mol. The molecule has 0 radical (unpaired) electrons. The van der Waals surface area contributed by atoms with Crippen molar-refractivity contribution >= 4 is 38.3 Å². The van der Waals surface area contributed by atoms with Crippen molar-refractivity contribution in [3.63, 3.8) is 0 Å². The molecular formula is C23H36F2N5O13P. The predicted molar refractivity (Wildman–Crippen MR) is 144 cm³/mol. The molecule has 0 saturated carbocycles. The van der Waals surface area contributed by atoms with Crippen LogP contribution in [0.5, 0.6) is 0 Å². The van der Waals surface area contributed by atoms with Gasteiger partial charge in [0.1, 0.15) is 6.61 Å². The summed E-state index contributed by atoms with van der Waals surface area (Å²) in [5.74, 6) is -3.50. The summed E-state index contributed by atoms with van der Waals surface area (Å²) >= 11 is 0. The second kappa shape index (κ2) is 14.3. The molecule has 3 rings (SSSR count). The third-order valence-corrected chi connectivity index (χ3v) is 7.13. The molecule has 250 valence electrons. The molecular weight excluding hydrogens is 623 g/mol. The van der Waals surface area contributed by atoms with E-state index in [1.807, 2.05) is 0 Å². The van der Waals surface area contributed by atoms with E-state index in [0.717, 1.165) is 18.2 Å². The van der Waals surface area contributed by atoms with Crippen LogP contribution in [0, 0.1) is 0 Å². The minimum absolute atomic E-state index is 0.0897. The molecule has 3 aliphatic rings. The van der Waals surface area contributed by atoms with Crippen LogP contribution in [0.2, 0.25) is 0 Å². The van der Waals surface area contributed by atoms with E-state index >= 15 is 8.78 Å². The lowest BCUT2D eigenvalue weighted by atomic mass is 9.96. The van der Waals surface area contributed by atoms with Gasteiger partial charge in [-0.25, -0.2) is 37.0 Å². The van der Waals surface area contributed by atoms with Gasteiger partial charge in [-0.05, 0) is 41.5 Å². The molecule has 21 heteroatoms. The van der Waals surface area contributed by atoms with Crippen LogP contribution in [0.1, 0.15) is 41.5 Å². The molecule has 18 nitrogen and oxygen atoms in total. The molecule has 1 saturated heterocycles. The number of hydrogen-bond acceptors (Lipinski definition) is 18. The highest BCUT2D eigenvalue weighted by Crippen LogP contribution is 2.53. The Hall–Kier alpha value is -3.16. The van der Waals surface area contributed by atoms with E-state index in [9.17, 15) is 19.3 Å². The lowest BCUT2D eigenvalue weighted by Gasteiger charge is -2.35. The van der Waals surface area contributed by atoms with E-state index in [1.54, 1.807) is 6.92 Å². The Balaban J connectivity index is 1.73. The van der Waals surface area contributed by atoms with Crippen LogP contribution in [-0.2, 0) is 46.6 Å². The van der Waals surface area contributed by atoms with Gasteiger partial charge >= 0.3 is 20.1 Å². The van der Waals surface area contributed by atoms with Crippen molar-refractivity contribution in [1.82, 2.24) is 4.90 Å². The average Bonchev–Trinajstić information content (AvgIpc) is 3.39. The summed E-state index contributed by atoms with van der Waals surface area (Å²) in [6.45, 7) is 5.24. The van der Waals surface area contributed by atoms with Crippen LogP contribution in [-0.4, -0.2) is 116 Å². The molecule has 3 heterocycles. The Morgan fingerprint density at radius 3 is 2.20 bits per heavy atom. The van der Waals surface area contributed by atoms with Crippen molar-refractivity contribution in [2.45, 2.75) is 89.8 Å². The second-order valence-corrected chi connectivity index (χ2v) is 11.8. The fourth-order valence-electron chi connectivity index (χ4n) is 3.99. The maximum atomic E-state index is 16.1. The zero-order valence-electron chi connectivity index (χ0n) is 24.8. The lowest BCUT2D eigenvalue weighted by molar-refractivity contribution is -0.210. The van der Waals surface area contributed by atoms with Crippen molar-refractivity contribution in [1.29, 1.82) is 0 Å². The SMILES string of the molecule is CCOC1=NC(N)=NC2C1N=CN2C1O[C@](F)(COP(=O)(OCOC(=O)OC(C)C)OCOC(=O)OC(C)C)[C@@H](O)[C@@]1(C)F. The molecule has 6 atom stereocenters. The van der Waals surface area contributed by atoms with Gasteiger partial charge in [0.15, 0.2) is 30.2 Å². The van der Waals surface area contributed by atoms with Gasteiger partial charge in [0.25, 0.3) is 5.85 Å². The van der Waals surface area contributed by atoms with Gasteiger partial charge in [-0.2, -0.15) is 4.99 Å². The number of hydrogen-bond donors (Lipinski definition) is 2. The van der Waals surface area contributed by atoms with E-state index in [2.05, 4.69) is 24.5 Å². The number of nitrogens with two attached hydrogens (primary N) is 1. The minimum atomic E-state index is -4.99. The number of aliphatic imine (C=N–C) groups is 3. The molecule has 0 spiro atoms. The van der Waals surface area contributed by atoms with E-state index in [-0.39, 0.29) is 18.5 Å². The van der Waals surface area contributed by atoms with Gasteiger partial charge < -0.3 is 44.2 Å². The molecule has 0 aromatic heterocycles. The highest BCUT2D eigenvalue weighted by Gasteiger charge is 2.67. The van der Waals surface area contributed by atoms with Crippen LogP contribution < -0.4 is 5.73 Å². The van der Waals surface area contributed by atoms with Crippen LogP contribution in [0.25, 0.3) is 0 Å². The van der Waals surface area contributed by atoms with Crippen molar-refractivity contribution < 1.29 is 70.0 Å². The van der Waals surface area contributed by atoms with Crippen molar-refractivity contribution in [2.75, 3.05) is 26.8 Å². The Bertz CT molecular complexity index is 1160. The number of guanidine groups is 1. The first-order chi connectivity index (χ1) is 20.5. The van der Waals surface area contributed by atoms with Gasteiger partial charge in [0.2, 0.25) is 25.4 Å². The highest BCUT2D eigenvalue weighted by molar-refractivity contribution is 7.48. The van der Waals surface area contributed by atoms with Crippen LogP contribution in [0.4, 0.5) is 18.4 Å². The number of nitrogens with zero attached hydrogens (tertiary/aromatic N) is 4. The number of carbonyl (C=O) groups excluding carboxylic acids is 2. The van der Waals surface area contributed by atoms with E-state index in [4.69, 9.17) is 38.3 Å². The van der Waals surface area contributed by atoms with Crippen LogP contribution in [0.3, 0.4) is 0 Å². The molecule has 44 heavy (non-hydrogen) atoms. The first-order valence-corrected chi connectivity index (χ1v) is 14.8. The molecule has 0 bridgehead atoms. The number of fused-ring (bicyclic) bond motifs is 1. The monoisotopic (exact) mass is 659 g/mol. The molecule has 0 amide bonds. The molecule has 3 aliphatic heterocycles. The third kappa shape index (κ3) is 8.51. The standard InChI is InChI=1S/C23H36F2N5O13P/c1-7-35-16-14-15(28-19(26)29-16)30(9-27-14)18-22(6,24)17(31)23(25,43-18)8-38-44(34,39-10-36-20(32)41-12(2)3)40-11-37-21(33)42-13(4)5/h9,12-15,17-18,31H,7-8,10-11H2,1-6H3,(H2,26,28)/t14?,15?,17-,18?,22+,23+/m0/s1. The first kappa shape index (κ1) is 35.3. The van der Waals surface area contributed by atoms with Crippen molar-refractivity contribution in [2.24, 2.45) is 20.7 Å². The first-order valence-electron chi connectivity index (χ1n) is 13.3. The summed E-state index contributed by atoms with van der Waals surface area (Å²) in [5.41, 5.74) is 2.92. The number of rotatable bonds is 13. The molecule has 0 aliphatic carbocycles. The van der Waals surface area contributed by atoms with Gasteiger partial charge in [0.05, 0.1) is 25.2 Å². The molecule has 1 fully saturated rings. The second-order valence-electron chi connectivity index (χ2n) is 10.1. The van der Waals surface area contributed by atoms with Crippen molar-refractivity contribution in [3.8, 4) is 0 Å². The van der Waals surface area contributed by atoms with E-state index in [0.29, 0.717) is 0 Å².